The normalized spacial score (nSPS) is 13.0. The molecule has 11 aromatic rings. The average molecular weight is 780 g/mol. The summed E-state index contributed by atoms with van der Waals surface area (Å²) in [6.07, 6.45) is 0. The molecule has 0 unspecified atom stereocenters. The van der Waals surface area contributed by atoms with Gasteiger partial charge in [-0.2, -0.15) is 0 Å². The molecule has 3 aromatic heterocycles. The second-order valence-electron chi connectivity index (χ2n) is 14.8. The average Bonchev–Trinajstić information content (AvgIpc) is 3.93. The van der Waals surface area contributed by atoms with Crippen molar-refractivity contribution in [1.29, 1.82) is 0 Å². The van der Waals surface area contributed by atoms with Gasteiger partial charge in [-0.15, -0.1) is 0 Å². The molecule has 1 aliphatic rings. The van der Waals surface area contributed by atoms with Gasteiger partial charge in [0.05, 0.1) is 9.79 Å². The summed E-state index contributed by atoms with van der Waals surface area (Å²) in [6, 6.07) is 57.1. The van der Waals surface area contributed by atoms with Crippen molar-refractivity contribution in [2.45, 2.75) is 9.79 Å². The van der Waals surface area contributed by atoms with E-state index in [9.17, 15) is 8.42 Å². The van der Waals surface area contributed by atoms with Gasteiger partial charge < -0.3 is 8.83 Å². The molecule has 0 saturated carbocycles. The van der Waals surface area contributed by atoms with Gasteiger partial charge in [0.2, 0.25) is 9.84 Å². The lowest BCUT2D eigenvalue weighted by Crippen LogP contribution is -2.02. The van der Waals surface area contributed by atoms with Crippen LogP contribution < -0.4 is 0 Å². The number of rotatable bonds is 5. The van der Waals surface area contributed by atoms with Crippen molar-refractivity contribution in [3.8, 4) is 67.5 Å². The van der Waals surface area contributed by atoms with E-state index in [-0.39, 0.29) is 9.79 Å². The zero-order valence-electron chi connectivity index (χ0n) is 31.1. The van der Waals surface area contributed by atoms with Crippen LogP contribution in [0, 0.1) is 0 Å². The molecular formula is C51H29N3O4S. The highest BCUT2D eigenvalue weighted by Crippen LogP contribution is 2.49. The molecule has 8 aromatic carbocycles. The molecule has 12 rings (SSSR count). The highest BCUT2D eigenvalue weighted by Gasteiger charge is 2.36. The minimum absolute atomic E-state index is 0.216. The largest absolute Gasteiger partial charge is 0.456 e. The molecule has 0 bridgehead atoms. The van der Waals surface area contributed by atoms with Crippen LogP contribution in [0.1, 0.15) is 0 Å². The second-order valence-corrected chi connectivity index (χ2v) is 16.7. The summed E-state index contributed by atoms with van der Waals surface area (Å²) in [7, 11) is -3.85. The Balaban J connectivity index is 1.05. The van der Waals surface area contributed by atoms with Gasteiger partial charge in [-0.05, 0) is 82.9 Å². The van der Waals surface area contributed by atoms with Crippen molar-refractivity contribution in [1.82, 2.24) is 15.0 Å². The Hall–Kier alpha value is -7.68. The van der Waals surface area contributed by atoms with E-state index in [4.69, 9.17) is 23.8 Å². The Labute approximate surface area is 337 Å². The third-order valence-corrected chi connectivity index (χ3v) is 13.2. The topological polar surface area (TPSA) is 99.1 Å². The SMILES string of the molecule is O=S1(=O)c2ccc(-c3ccc4c(c3)oc3ccccc34)cc2-c2c(-c3nc(-c4cccc(-c5ccccc5)c4)nc(-c4ccc5c(c4)oc4ccccc45)n3)cccc21. The van der Waals surface area contributed by atoms with Gasteiger partial charge >= 0.3 is 0 Å². The molecular weight excluding hydrogens is 751 g/mol. The van der Waals surface area contributed by atoms with Crippen LogP contribution in [0.25, 0.3) is 111 Å². The molecule has 7 nitrogen and oxygen atoms in total. The number of hydrogen-bond acceptors (Lipinski definition) is 7. The van der Waals surface area contributed by atoms with E-state index < -0.39 is 9.84 Å². The Morgan fingerprint density at radius 3 is 1.58 bits per heavy atom. The third kappa shape index (κ3) is 5.27. The molecule has 8 heteroatoms. The van der Waals surface area contributed by atoms with Gasteiger partial charge in [0.1, 0.15) is 22.3 Å². The molecule has 0 N–H and O–H groups in total. The van der Waals surface area contributed by atoms with Gasteiger partial charge in [-0.1, -0.05) is 115 Å². The Morgan fingerprint density at radius 2 is 0.847 bits per heavy atom. The Kier molecular flexibility index (Phi) is 7.18. The van der Waals surface area contributed by atoms with Gasteiger partial charge in [0, 0.05) is 49.4 Å². The van der Waals surface area contributed by atoms with Crippen molar-refractivity contribution < 1.29 is 17.3 Å². The number of benzene rings is 8. The summed E-state index contributed by atoms with van der Waals surface area (Å²) >= 11 is 0. The lowest BCUT2D eigenvalue weighted by atomic mass is 9.95. The first-order valence-electron chi connectivity index (χ1n) is 19.2. The lowest BCUT2D eigenvalue weighted by Gasteiger charge is -2.12. The number of nitrogens with zero attached hydrogens (tertiary/aromatic N) is 3. The van der Waals surface area contributed by atoms with E-state index in [1.165, 1.54) is 0 Å². The molecule has 59 heavy (non-hydrogen) atoms. The molecule has 1 aliphatic heterocycles. The Bertz CT molecular complexity index is 3650. The van der Waals surface area contributed by atoms with Gasteiger partial charge in [-0.3, -0.25) is 0 Å². The fourth-order valence-corrected chi connectivity index (χ4v) is 10.2. The maximum Gasteiger partial charge on any atom is 0.207 e. The van der Waals surface area contributed by atoms with E-state index in [0.29, 0.717) is 39.7 Å². The molecule has 0 saturated heterocycles. The molecule has 0 radical (unpaired) electrons. The molecule has 0 amide bonds. The van der Waals surface area contributed by atoms with Gasteiger partial charge in [-0.25, -0.2) is 23.4 Å². The predicted octanol–water partition coefficient (Wildman–Crippen LogP) is 12.8. The minimum atomic E-state index is -3.85. The summed E-state index contributed by atoms with van der Waals surface area (Å²) in [5.41, 5.74) is 10.2. The van der Waals surface area contributed by atoms with Crippen LogP contribution in [-0.2, 0) is 9.84 Å². The Morgan fingerprint density at radius 1 is 0.339 bits per heavy atom. The van der Waals surface area contributed by atoms with Crippen molar-refractivity contribution in [2.24, 2.45) is 0 Å². The first-order valence-corrected chi connectivity index (χ1v) is 20.7. The summed E-state index contributed by atoms with van der Waals surface area (Å²) < 4.78 is 41.0. The fourth-order valence-electron chi connectivity index (χ4n) is 8.47. The van der Waals surface area contributed by atoms with Crippen LogP contribution in [0.2, 0.25) is 0 Å². The zero-order valence-corrected chi connectivity index (χ0v) is 31.9. The number of aromatic nitrogens is 3. The lowest BCUT2D eigenvalue weighted by molar-refractivity contribution is 0.598. The zero-order chi connectivity index (χ0) is 39.2. The monoisotopic (exact) mass is 779 g/mol. The highest BCUT2D eigenvalue weighted by atomic mass is 32.2. The summed E-state index contributed by atoms with van der Waals surface area (Å²) in [4.78, 5) is 15.7. The number of fused-ring (bicyclic) bond motifs is 9. The van der Waals surface area contributed by atoms with Crippen LogP contribution in [0.15, 0.2) is 195 Å². The maximum atomic E-state index is 14.2. The molecule has 0 spiro atoms. The molecule has 4 heterocycles. The van der Waals surface area contributed by atoms with Crippen LogP contribution in [-0.4, -0.2) is 23.4 Å². The van der Waals surface area contributed by atoms with E-state index >= 15 is 0 Å². The van der Waals surface area contributed by atoms with Crippen molar-refractivity contribution in [3.63, 3.8) is 0 Å². The molecule has 278 valence electrons. The van der Waals surface area contributed by atoms with Crippen molar-refractivity contribution in [3.05, 3.63) is 176 Å². The highest BCUT2D eigenvalue weighted by molar-refractivity contribution is 7.92. The third-order valence-electron chi connectivity index (χ3n) is 11.3. The van der Waals surface area contributed by atoms with Crippen LogP contribution in [0.4, 0.5) is 0 Å². The maximum absolute atomic E-state index is 14.2. The van der Waals surface area contributed by atoms with Crippen LogP contribution >= 0.6 is 0 Å². The second kappa shape index (κ2) is 12.7. The molecule has 0 fully saturated rings. The first-order chi connectivity index (χ1) is 29.0. The van der Waals surface area contributed by atoms with E-state index in [1.54, 1.807) is 18.2 Å². The standard InChI is InChI=1S/C51H29N3O4S/c55-59(56)46-25-22-32(33-20-23-38-36-14-4-6-17-42(36)57-44(38)28-33)27-41(46)48-40(16-9-19-47(48)59)51-53-49(34-13-8-12-31(26-34)30-10-2-1-3-11-30)52-50(54-51)35-21-24-39-37-15-5-7-18-43(37)58-45(39)29-35/h1-29H. The van der Waals surface area contributed by atoms with E-state index in [0.717, 1.165) is 71.7 Å². The smallest absolute Gasteiger partial charge is 0.207 e. The van der Waals surface area contributed by atoms with Crippen molar-refractivity contribution >= 4 is 53.7 Å². The quantitative estimate of drug-likeness (QED) is 0.171. The summed E-state index contributed by atoms with van der Waals surface area (Å²) in [5.74, 6) is 1.25. The molecule has 0 aliphatic carbocycles. The fraction of sp³-hybridized carbons (Fsp3) is 0. The number of sulfone groups is 1. The van der Waals surface area contributed by atoms with E-state index in [2.05, 4.69) is 42.5 Å². The first kappa shape index (κ1) is 33.5. The summed E-state index contributed by atoms with van der Waals surface area (Å²) in [6.45, 7) is 0. The minimum Gasteiger partial charge on any atom is -0.456 e. The number of hydrogen-bond donors (Lipinski definition) is 0. The van der Waals surface area contributed by atoms with Crippen LogP contribution in [0.5, 0.6) is 0 Å². The predicted molar refractivity (Wildman–Crippen MR) is 232 cm³/mol. The number of para-hydroxylation sites is 2. The van der Waals surface area contributed by atoms with Gasteiger partial charge in [0.15, 0.2) is 17.5 Å². The van der Waals surface area contributed by atoms with E-state index in [1.807, 2.05) is 115 Å². The summed E-state index contributed by atoms with van der Waals surface area (Å²) in [5, 5.41) is 4.09. The van der Waals surface area contributed by atoms with Crippen molar-refractivity contribution in [2.75, 3.05) is 0 Å². The molecule has 0 atom stereocenters. The van der Waals surface area contributed by atoms with Crippen LogP contribution in [0.3, 0.4) is 0 Å². The number of furan rings is 2. The van der Waals surface area contributed by atoms with Gasteiger partial charge in [0.25, 0.3) is 0 Å².